The Hall–Kier alpha value is -1.28. The largest absolute Gasteiger partial charge is 0.493 e. The van der Waals surface area contributed by atoms with E-state index < -0.39 is 12.2 Å². The van der Waals surface area contributed by atoms with Crippen LogP contribution in [0.25, 0.3) is 0 Å². The zero-order valence-electron chi connectivity index (χ0n) is 10.5. The third-order valence-electron chi connectivity index (χ3n) is 2.47. The maximum Gasteiger partial charge on any atom is 0.409 e. The van der Waals surface area contributed by atoms with E-state index in [1.807, 2.05) is 19.0 Å². The summed E-state index contributed by atoms with van der Waals surface area (Å²) in [5.41, 5.74) is 5.07. The molecule has 0 saturated carbocycles. The van der Waals surface area contributed by atoms with Gasteiger partial charge in [0.05, 0.1) is 19.9 Å². The highest BCUT2D eigenvalue weighted by molar-refractivity contribution is 5.29. The van der Waals surface area contributed by atoms with Gasteiger partial charge >= 0.3 is 6.18 Å². The van der Waals surface area contributed by atoms with Gasteiger partial charge < -0.3 is 15.4 Å². The molecule has 1 aromatic rings. The summed E-state index contributed by atoms with van der Waals surface area (Å²) >= 11 is 0. The minimum absolute atomic E-state index is 0.0542. The number of likely N-dealkylation sites (N-methyl/N-ethyl adjacent to an activating group) is 1. The van der Waals surface area contributed by atoms with Crippen molar-refractivity contribution in [2.24, 2.45) is 5.73 Å². The molecular weight excluding hydrogens is 249 g/mol. The summed E-state index contributed by atoms with van der Waals surface area (Å²) in [6.07, 6.45) is -3.28. The summed E-state index contributed by atoms with van der Waals surface area (Å²) in [5, 5.41) is 3.88. The van der Waals surface area contributed by atoms with Gasteiger partial charge in [0.25, 0.3) is 0 Å². The first kappa shape index (κ1) is 14.8. The van der Waals surface area contributed by atoms with Crippen molar-refractivity contribution >= 4 is 0 Å². The Morgan fingerprint density at radius 1 is 1.50 bits per heavy atom. The first-order valence-corrected chi connectivity index (χ1v) is 5.34. The number of halogens is 3. The Bertz CT molecular complexity index is 389. The van der Waals surface area contributed by atoms with Gasteiger partial charge in [0.1, 0.15) is 11.7 Å². The fourth-order valence-corrected chi connectivity index (χ4v) is 1.48. The highest BCUT2D eigenvalue weighted by Crippen LogP contribution is 2.35. The maximum atomic E-state index is 12.7. The average Bonchev–Trinajstić information content (AvgIpc) is 2.66. The SMILES string of the molecule is COc1cnn(CCN(C)C)c1C(N)C(F)(F)F. The van der Waals surface area contributed by atoms with E-state index in [1.165, 1.54) is 18.0 Å². The van der Waals surface area contributed by atoms with Crippen LogP contribution in [0, 0.1) is 0 Å². The molecule has 104 valence electrons. The second-order valence-electron chi connectivity index (χ2n) is 4.14. The van der Waals surface area contributed by atoms with Crippen LogP contribution in [0.3, 0.4) is 0 Å². The van der Waals surface area contributed by atoms with Crippen molar-refractivity contribution in [1.29, 1.82) is 0 Å². The molecule has 1 rings (SSSR count). The molecule has 0 radical (unpaired) electrons. The Labute approximate surface area is 103 Å². The summed E-state index contributed by atoms with van der Waals surface area (Å²) in [7, 11) is 4.94. The number of nitrogens with zero attached hydrogens (tertiary/aromatic N) is 3. The summed E-state index contributed by atoms with van der Waals surface area (Å²) < 4.78 is 44.1. The maximum absolute atomic E-state index is 12.7. The monoisotopic (exact) mass is 266 g/mol. The Morgan fingerprint density at radius 2 is 2.11 bits per heavy atom. The van der Waals surface area contributed by atoms with Crippen LogP contribution >= 0.6 is 0 Å². The Morgan fingerprint density at radius 3 is 2.56 bits per heavy atom. The zero-order valence-corrected chi connectivity index (χ0v) is 10.5. The number of aromatic nitrogens is 2. The molecule has 0 amide bonds. The third kappa shape index (κ3) is 3.36. The summed E-state index contributed by atoms with van der Waals surface area (Å²) in [6.45, 7) is 0.873. The van der Waals surface area contributed by atoms with E-state index >= 15 is 0 Å². The lowest BCUT2D eigenvalue weighted by atomic mass is 10.2. The smallest absolute Gasteiger partial charge is 0.409 e. The molecule has 0 aliphatic rings. The zero-order chi connectivity index (χ0) is 13.9. The van der Waals surface area contributed by atoms with Crippen LogP contribution in [0.5, 0.6) is 5.75 Å². The number of nitrogens with two attached hydrogens (primary N) is 1. The lowest BCUT2D eigenvalue weighted by molar-refractivity contribution is -0.151. The molecular formula is C10H17F3N4O. The number of alkyl halides is 3. The van der Waals surface area contributed by atoms with E-state index in [1.54, 1.807) is 0 Å². The predicted octanol–water partition coefficient (Wildman–Crippen LogP) is 1.02. The lowest BCUT2D eigenvalue weighted by Crippen LogP contribution is -2.32. The van der Waals surface area contributed by atoms with Gasteiger partial charge in [-0.3, -0.25) is 4.68 Å². The molecule has 1 atom stereocenters. The van der Waals surface area contributed by atoms with Crippen molar-refractivity contribution < 1.29 is 17.9 Å². The summed E-state index contributed by atoms with van der Waals surface area (Å²) in [5.74, 6) is 0.0542. The van der Waals surface area contributed by atoms with Crippen molar-refractivity contribution in [3.63, 3.8) is 0 Å². The van der Waals surface area contributed by atoms with Crippen LogP contribution in [0.4, 0.5) is 13.2 Å². The molecule has 0 saturated heterocycles. The van der Waals surface area contributed by atoms with Gasteiger partial charge in [-0.1, -0.05) is 0 Å². The molecule has 1 unspecified atom stereocenters. The number of ether oxygens (including phenoxy) is 1. The van der Waals surface area contributed by atoms with Gasteiger partial charge in [0, 0.05) is 6.54 Å². The van der Waals surface area contributed by atoms with Gasteiger partial charge in [0.2, 0.25) is 0 Å². The molecule has 0 aliphatic heterocycles. The molecule has 0 aromatic carbocycles. The molecule has 0 fully saturated rings. The molecule has 1 aromatic heterocycles. The van der Waals surface area contributed by atoms with E-state index in [9.17, 15) is 13.2 Å². The minimum Gasteiger partial charge on any atom is -0.493 e. The second-order valence-corrected chi connectivity index (χ2v) is 4.14. The van der Waals surface area contributed by atoms with Crippen LogP contribution in [0.15, 0.2) is 6.20 Å². The van der Waals surface area contributed by atoms with Crippen molar-refractivity contribution in [2.45, 2.75) is 18.8 Å². The second kappa shape index (κ2) is 5.57. The van der Waals surface area contributed by atoms with Gasteiger partial charge in [-0.2, -0.15) is 18.3 Å². The quantitative estimate of drug-likeness (QED) is 0.864. The van der Waals surface area contributed by atoms with Crippen molar-refractivity contribution in [2.75, 3.05) is 27.7 Å². The van der Waals surface area contributed by atoms with E-state index in [4.69, 9.17) is 10.5 Å². The first-order valence-electron chi connectivity index (χ1n) is 5.34. The number of methoxy groups -OCH3 is 1. The summed E-state index contributed by atoms with van der Waals surface area (Å²) in [4.78, 5) is 1.84. The van der Waals surface area contributed by atoms with Crippen molar-refractivity contribution in [3.05, 3.63) is 11.9 Å². The van der Waals surface area contributed by atoms with Gasteiger partial charge in [-0.05, 0) is 14.1 Å². The molecule has 0 spiro atoms. The topological polar surface area (TPSA) is 56.3 Å². The molecule has 18 heavy (non-hydrogen) atoms. The molecule has 5 nitrogen and oxygen atoms in total. The molecule has 0 aliphatic carbocycles. The fraction of sp³-hybridized carbons (Fsp3) is 0.700. The van der Waals surface area contributed by atoms with E-state index in [0.717, 1.165) is 0 Å². The normalized spacial score (nSPS) is 14.0. The molecule has 1 heterocycles. The number of rotatable bonds is 5. The van der Waals surface area contributed by atoms with Gasteiger partial charge in [0.15, 0.2) is 5.75 Å². The number of hydrogen-bond donors (Lipinski definition) is 1. The van der Waals surface area contributed by atoms with Crippen LogP contribution < -0.4 is 10.5 Å². The van der Waals surface area contributed by atoms with Crippen LogP contribution in [-0.2, 0) is 6.54 Å². The highest BCUT2D eigenvalue weighted by Gasteiger charge is 2.41. The van der Waals surface area contributed by atoms with Crippen molar-refractivity contribution in [1.82, 2.24) is 14.7 Å². The molecule has 2 N–H and O–H groups in total. The van der Waals surface area contributed by atoms with Crippen LogP contribution in [-0.4, -0.2) is 48.6 Å². The predicted molar refractivity (Wildman–Crippen MR) is 60.3 cm³/mol. The van der Waals surface area contributed by atoms with E-state index in [0.29, 0.717) is 13.1 Å². The highest BCUT2D eigenvalue weighted by atomic mass is 19.4. The molecule has 0 bridgehead atoms. The third-order valence-corrected chi connectivity index (χ3v) is 2.47. The standard InChI is InChI=1S/C10H17F3N4O/c1-16(2)4-5-17-8(7(18-3)6-15-17)9(14)10(11,12)13/h6,9H,4-5,14H2,1-3H3. The van der Waals surface area contributed by atoms with E-state index in [-0.39, 0.29) is 11.4 Å². The summed E-state index contributed by atoms with van der Waals surface area (Å²) in [6, 6.07) is -2.10. The fourth-order valence-electron chi connectivity index (χ4n) is 1.48. The van der Waals surface area contributed by atoms with Crippen molar-refractivity contribution in [3.8, 4) is 5.75 Å². The first-order chi connectivity index (χ1) is 8.27. The minimum atomic E-state index is -4.52. The lowest BCUT2D eigenvalue weighted by Gasteiger charge is -2.19. The van der Waals surface area contributed by atoms with Crippen LogP contribution in [0.2, 0.25) is 0 Å². The average molecular weight is 266 g/mol. The van der Waals surface area contributed by atoms with Gasteiger partial charge in [-0.25, -0.2) is 0 Å². The van der Waals surface area contributed by atoms with E-state index in [2.05, 4.69) is 5.10 Å². The van der Waals surface area contributed by atoms with Crippen LogP contribution in [0.1, 0.15) is 11.7 Å². The Kier molecular flexibility index (Phi) is 4.58. The van der Waals surface area contributed by atoms with Gasteiger partial charge in [-0.15, -0.1) is 0 Å². The molecule has 8 heteroatoms. The number of hydrogen-bond acceptors (Lipinski definition) is 4. The Balaban J connectivity index is 3.02.